The van der Waals surface area contributed by atoms with Gasteiger partial charge >= 0.3 is 6.03 Å². The Bertz CT molecular complexity index is 960. The van der Waals surface area contributed by atoms with E-state index in [2.05, 4.69) is 15.2 Å². The first-order valence-corrected chi connectivity index (χ1v) is 11.1. The number of sulfonamides is 1. The first-order valence-electron chi connectivity index (χ1n) is 9.66. The van der Waals surface area contributed by atoms with Gasteiger partial charge in [-0.2, -0.15) is 4.31 Å². The van der Waals surface area contributed by atoms with Crippen LogP contribution in [0.4, 0.5) is 4.79 Å². The minimum absolute atomic E-state index is 0.143. The molecule has 29 heavy (non-hydrogen) atoms. The summed E-state index contributed by atoms with van der Waals surface area (Å²) >= 11 is 0. The quantitative estimate of drug-likeness (QED) is 0.812. The Hall–Kier alpha value is -2.49. The number of pyridine rings is 1. The summed E-state index contributed by atoms with van der Waals surface area (Å²) in [7, 11) is -1.48. The third-order valence-electron chi connectivity index (χ3n) is 5.48. The van der Waals surface area contributed by atoms with Crippen LogP contribution < -0.4 is 5.32 Å². The molecule has 0 radical (unpaired) electrons. The fourth-order valence-electron chi connectivity index (χ4n) is 3.61. The first kappa shape index (κ1) is 19.8. The number of likely N-dealkylation sites (N-methyl/N-ethyl adjacent to an activating group) is 1. The maximum absolute atomic E-state index is 12.8. The molecule has 2 aliphatic rings. The van der Waals surface area contributed by atoms with Gasteiger partial charge in [0.15, 0.2) is 0 Å². The van der Waals surface area contributed by atoms with Crippen molar-refractivity contribution in [2.45, 2.75) is 24.5 Å². The molecule has 1 N–H and O–H groups in total. The summed E-state index contributed by atoms with van der Waals surface area (Å²) in [5.74, 6) is 0. The van der Waals surface area contributed by atoms with Gasteiger partial charge in [-0.25, -0.2) is 13.2 Å². The zero-order valence-corrected chi connectivity index (χ0v) is 17.2. The maximum Gasteiger partial charge on any atom is 0.318 e. The lowest BCUT2D eigenvalue weighted by Crippen LogP contribution is -2.47. The van der Waals surface area contributed by atoms with Gasteiger partial charge < -0.3 is 15.1 Å². The van der Waals surface area contributed by atoms with Crippen LogP contribution in [0.5, 0.6) is 0 Å². The summed E-state index contributed by atoms with van der Waals surface area (Å²) < 4.78 is 27.1. The van der Waals surface area contributed by atoms with E-state index in [1.54, 1.807) is 41.6 Å². The summed E-state index contributed by atoms with van der Waals surface area (Å²) in [6.45, 7) is 3.95. The van der Waals surface area contributed by atoms with Gasteiger partial charge in [0, 0.05) is 58.2 Å². The molecule has 0 aliphatic carbocycles. The Morgan fingerprint density at radius 3 is 2.41 bits per heavy atom. The minimum Gasteiger partial charge on any atom is -0.334 e. The number of hydrogen-bond acceptors (Lipinski definition) is 5. The van der Waals surface area contributed by atoms with E-state index in [0.717, 1.165) is 29.8 Å². The number of hydrogen-bond donors (Lipinski definition) is 1. The van der Waals surface area contributed by atoms with E-state index in [0.29, 0.717) is 37.6 Å². The first-order chi connectivity index (χ1) is 13.9. The fourth-order valence-corrected chi connectivity index (χ4v) is 5.03. The zero-order valence-electron chi connectivity index (χ0n) is 16.4. The van der Waals surface area contributed by atoms with E-state index in [9.17, 15) is 13.2 Å². The van der Waals surface area contributed by atoms with E-state index in [4.69, 9.17) is 0 Å². The number of aromatic nitrogens is 1. The predicted octanol–water partition coefficient (Wildman–Crippen LogP) is 1.24. The van der Waals surface area contributed by atoms with Crippen LogP contribution in [-0.2, 0) is 29.7 Å². The lowest BCUT2D eigenvalue weighted by Gasteiger charge is -2.31. The Morgan fingerprint density at radius 1 is 1.03 bits per heavy atom. The summed E-state index contributed by atoms with van der Waals surface area (Å²) in [4.78, 5) is 20.7. The highest BCUT2D eigenvalue weighted by atomic mass is 32.2. The van der Waals surface area contributed by atoms with Crippen LogP contribution in [0.2, 0.25) is 0 Å². The second-order valence-electron chi connectivity index (χ2n) is 7.51. The Morgan fingerprint density at radius 2 is 1.72 bits per heavy atom. The number of urea groups is 1. The number of nitrogens with one attached hydrogen (secondary N) is 1. The predicted molar refractivity (Wildman–Crippen MR) is 108 cm³/mol. The van der Waals surface area contributed by atoms with Gasteiger partial charge in [-0.3, -0.25) is 4.98 Å². The van der Waals surface area contributed by atoms with Crippen molar-refractivity contribution in [3.05, 3.63) is 59.4 Å². The molecule has 0 saturated carbocycles. The van der Waals surface area contributed by atoms with Crippen molar-refractivity contribution in [3.8, 4) is 0 Å². The van der Waals surface area contributed by atoms with Crippen molar-refractivity contribution in [2.24, 2.45) is 0 Å². The molecular weight excluding hydrogens is 390 g/mol. The van der Waals surface area contributed by atoms with Crippen LogP contribution in [0.15, 0.2) is 47.6 Å². The smallest absolute Gasteiger partial charge is 0.318 e. The van der Waals surface area contributed by atoms with Crippen LogP contribution >= 0.6 is 0 Å². The summed E-state index contributed by atoms with van der Waals surface area (Å²) in [5, 5.41) is 2.90. The third kappa shape index (κ3) is 4.26. The highest BCUT2D eigenvalue weighted by molar-refractivity contribution is 7.89. The zero-order chi connectivity index (χ0) is 20.4. The van der Waals surface area contributed by atoms with Gasteiger partial charge in [-0.1, -0.05) is 12.1 Å². The van der Waals surface area contributed by atoms with Gasteiger partial charge in [0.2, 0.25) is 10.0 Å². The number of carbonyl (C=O) groups excluding carboxylic acids is 1. The Labute approximate surface area is 171 Å². The topological polar surface area (TPSA) is 85.8 Å². The molecule has 2 aliphatic heterocycles. The summed E-state index contributed by atoms with van der Waals surface area (Å²) in [6, 6.07) is 8.54. The van der Waals surface area contributed by atoms with E-state index < -0.39 is 10.0 Å². The van der Waals surface area contributed by atoms with Crippen LogP contribution in [0.3, 0.4) is 0 Å². The van der Waals surface area contributed by atoms with E-state index in [-0.39, 0.29) is 6.03 Å². The molecule has 154 valence electrons. The molecule has 1 saturated heterocycles. The molecule has 1 fully saturated rings. The van der Waals surface area contributed by atoms with Gasteiger partial charge in [0.25, 0.3) is 0 Å². The van der Waals surface area contributed by atoms with Gasteiger partial charge in [0.1, 0.15) is 0 Å². The average Bonchev–Trinajstić information content (AvgIpc) is 3.17. The average molecular weight is 416 g/mol. The number of carbonyl (C=O) groups is 1. The molecule has 9 heteroatoms. The molecule has 8 nitrogen and oxygen atoms in total. The second-order valence-corrected chi connectivity index (χ2v) is 9.45. The Kier molecular flexibility index (Phi) is 5.53. The van der Waals surface area contributed by atoms with Crippen molar-refractivity contribution in [2.75, 3.05) is 33.2 Å². The number of rotatable bonds is 4. The Balaban J connectivity index is 1.33. The van der Waals surface area contributed by atoms with Crippen LogP contribution in [-0.4, -0.2) is 66.8 Å². The minimum atomic E-state index is -3.47. The van der Waals surface area contributed by atoms with Gasteiger partial charge in [-0.05, 0) is 41.9 Å². The van der Waals surface area contributed by atoms with E-state index in [1.807, 2.05) is 13.1 Å². The molecule has 3 heterocycles. The van der Waals surface area contributed by atoms with Crippen LogP contribution in [0.25, 0.3) is 0 Å². The third-order valence-corrected chi connectivity index (χ3v) is 7.39. The number of piperazine rings is 1. The molecule has 0 atom stereocenters. The fraction of sp³-hybridized carbons (Fsp3) is 0.400. The summed E-state index contributed by atoms with van der Waals surface area (Å²) in [5.41, 5.74) is 3.05. The molecule has 2 amide bonds. The lowest BCUT2D eigenvalue weighted by molar-refractivity contribution is 0.198. The molecule has 0 bridgehead atoms. The molecule has 2 aromatic rings. The van der Waals surface area contributed by atoms with Crippen LogP contribution in [0, 0.1) is 0 Å². The number of nitrogens with zero attached hydrogens (tertiary/aromatic N) is 4. The number of benzene rings is 1. The second kappa shape index (κ2) is 8.10. The van der Waals surface area contributed by atoms with E-state index >= 15 is 0 Å². The summed E-state index contributed by atoms with van der Waals surface area (Å²) in [6.07, 6.45) is 3.53. The molecule has 0 unspecified atom stereocenters. The highest BCUT2D eigenvalue weighted by Gasteiger charge is 2.27. The normalized spacial score (nSPS) is 17.9. The standard InChI is InChI=1S/C20H25N5O3S/c1-23-8-10-25(11-9-23)29(27,28)19-4-2-16(3-5-19)12-22-20(26)24-14-17-6-7-21-13-18(17)15-24/h2-7,13H,8-12,14-15H2,1H3,(H,22,26). The van der Waals surface area contributed by atoms with Crippen molar-refractivity contribution in [3.63, 3.8) is 0 Å². The largest absolute Gasteiger partial charge is 0.334 e. The molecular formula is C20H25N5O3S. The van der Waals surface area contributed by atoms with Crippen molar-refractivity contribution < 1.29 is 13.2 Å². The lowest BCUT2D eigenvalue weighted by atomic mass is 10.2. The van der Waals surface area contributed by atoms with Crippen molar-refractivity contribution in [1.29, 1.82) is 0 Å². The van der Waals surface area contributed by atoms with Gasteiger partial charge in [-0.15, -0.1) is 0 Å². The van der Waals surface area contributed by atoms with Crippen LogP contribution in [0.1, 0.15) is 16.7 Å². The number of amides is 2. The molecule has 4 rings (SSSR count). The number of fused-ring (bicyclic) bond motifs is 1. The van der Waals surface area contributed by atoms with Crippen molar-refractivity contribution in [1.82, 2.24) is 24.4 Å². The maximum atomic E-state index is 12.8. The molecule has 1 aromatic carbocycles. The highest BCUT2D eigenvalue weighted by Crippen LogP contribution is 2.21. The SMILES string of the molecule is CN1CCN(S(=O)(=O)c2ccc(CNC(=O)N3Cc4ccncc4C3)cc2)CC1. The molecule has 1 aromatic heterocycles. The van der Waals surface area contributed by atoms with Crippen molar-refractivity contribution >= 4 is 16.1 Å². The monoisotopic (exact) mass is 415 g/mol. The van der Waals surface area contributed by atoms with Gasteiger partial charge in [0.05, 0.1) is 4.90 Å². The van der Waals surface area contributed by atoms with E-state index in [1.165, 1.54) is 4.31 Å². The molecule has 0 spiro atoms.